The van der Waals surface area contributed by atoms with Gasteiger partial charge in [0.05, 0.1) is 17.6 Å². The van der Waals surface area contributed by atoms with E-state index >= 15 is 0 Å². The number of hydrogen-bond donors (Lipinski definition) is 0. The quantitative estimate of drug-likeness (QED) is 0.531. The van der Waals surface area contributed by atoms with Crippen LogP contribution in [0.2, 0.25) is 0 Å². The molecule has 0 spiro atoms. The Bertz CT molecular complexity index is 1240. The molecule has 0 bridgehead atoms. The average molecular weight is 366 g/mol. The highest BCUT2D eigenvalue weighted by atomic mass is 16.1. The number of benzene rings is 1. The van der Waals surface area contributed by atoms with E-state index in [1.165, 1.54) is 0 Å². The molecule has 3 aromatic heterocycles. The molecule has 0 unspecified atom stereocenters. The van der Waals surface area contributed by atoms with Crippen molar-refractivity contribution >= 4 is 23.2 Å². The van der Waals surface area contributed by atoms with Gasteiger partial charge in [0.2, 0.25) is 0 Å². The lowest BCUT2D eigenvalue weighted by Crippen LogP contribution is -2.21. The summed E-state index contributed by atoms with van der Waals surface area (Å²) in [6.45, 7) is 8.05. The molecule has 0 aliphatic carbocycles. The molecule has 0 atom stereocenters. The Morgan fingerprint density at radius 2 is 1.79 bits per heavy atom. The first-order valence-corrected chi connectivity index (χ1v) is 8.84. The molecule has 1 aromatic carbocycles. The molecule has 5 nitrogen and oxygen atoms in total. The first-order valence-electron chi connectivity index (χ1n) is 8.84. The van der Waals surface area contributed by atoms with E-state index in [4.69, 9.17) is 0 Å². The lowest BCUT2D eigenvalue weighted by atomic mass is 10.0. The van der Waals surface area contributed by atoms with Gasteiger partial charge in [0.25, 0.3) is 5.56 Å². The minimum atomic E-state index is -0.0954. The molecule has 0 saturated heterocycles. The second kappa shape index (κ2) is 7.40. The third-order valence-corrected chi connectivity index (χ3v) is 4.60. The van der Waals surface area contributed by atoms with E-state index in [9.17, 15) is 4.79 Å². The summed E-state index contributed by atoms with van der Waals surface area (Å²) in [6.07, 6.45) is 8.49. The fourth-order valence-electron chi connectivity index (χ4n) is 3.09. The van der Waals surface area contributed by atoms with Crippen molar-refractivity contribution in [1.82, 2.24) is 19.5 Å². The molecule has 28 heavy (non-hydrogen) atoms. The van der Waals surface area contributed by atoms with Crippen LogP contribution in [-0.4, -0.2) is 19.5 Å². The van der Waals surface area contributed by atoms with E-state index in [0.29, 0.717) is 17.6 Å². The van der Waals surface area contributed by atoms with Crippen LogP contribution in [0, 0.1) is 0 Å². The van der Waals surface area contributed by atoms with Gasteiger partial charge in [-0.15, -0.1) is 0 Å². The van der Waals surface area contributed by atoms with Gasteiger partial charge in [-0.25, -0.2) is 9.97 Å². The van der Waals surface area contributed by atoms with Gasteiger partial charge >= 0.3 is 0 Å². The van der Waals surface area contributed by atoms with Crippen LogP contribution in [0.5, 0.6) is 0 Å². The standard InChI is InChI=1S/C23H18N4O/c1-3-17-12-19(13-25-21(17)4-2)18-9-7-16(8-10-18)14-27-15-26-22-20(23(27)28)6-5-11-24-22/h3-13,15H,1-2,14H2. The van der Waals surface area contributed by atoms with Gasteiger partial charge in [-0.3, -0.25) is 14.3 Å². The maximum atomic E-state index is 12.6. The molecule has 4 rings (SSSR count). The summed E-state index contributed by atoms with van der Waals surface area (Å²) in [5.74, 6) is 0. The Morgan fingerprint density at radius 1 is 0.964 bits per heavy atom. The molecule has 4 aromatic rings. The number of hydrogen-bond acceptors (Lipinski definition) is 4. The van der Waals surface area contributed by atoms with Crippen LogP contribution >= 0.6 is 0 Å². The van der Waals surface area contributed by atoms with E-state index in [-0.39, 0.29) is 5.56 Å². The van der Waals surface area contributed by atoms with Crippen molar-refractivity contribution in [1.29, 1.82) is 0 Å². The molecule has 0 saturated carbocycles. The molecule has 0 N–H and O–H groups in total. The highest BCUT2D eigenvalue weighted by Crippen LogP contribution is 2.23. The minimum absolute atomic E-state index is 0.0954. The van der Waals surface area contributed by atoms with Gasteiger partial charge in [-0.05, 0) is 35.4 Å². The van der Waals surface area contributed by atoms with Crippen molar-refractivity contribution in [2.75, 3.05) is 0 Å². The van der Waals surface area contributed by atoms with E-state index < -0.39 is 0 Å². The Labute approximate surface area is 162 Å². The predicted molar refractivity (Wildman–Crippen MR) is 113 cm³/mol. The van der Waals surface area contributed by atoms with Crippen molar-refractivity contribution in [2.24, 2.45) is 0 Å². The lowest BCUT2D eigenvalue weighted by Gasteiger charge is -2.09. The van der Waals surface area contributed by atoms with E-state index in [0.717, 1.165) is 27.9 Å². The summed E-state index contributed by atoms with van der Waals surface area (Å²) < 4.78 is 1.59. The molecule has 0 aliphatic rings. The number of nitrogens with zero attached hydrogens (tertiary/aromatic N) is 4. The summed E-state index contributed by atoms with van der Waals surface area (Å²) in [4.78, 5) is 25.4. The minimum Gasteiger partial charge on any atom is -0.294 e. The van der Waals surface area contributed by atoms with Crippen molar-refractivity contribution in [3.63, 3.8) is 0 Å². The summed E-state index contributed by atoms with van der Waals surface area (Å²) in [5, 5.41) is 0.520. The first kappa shape index (κ1) is 17.5. The second-order valence-electron chi connectivity index (χ2n) is 6.36. The molecule has 3 heterocycles. The van der Waals surface area contributed by atoms with Crippen LogP contribution < -0.4 is 5.56 Å². The molecule has 0 aliphatic heterocycles. The van der Waals surface area contributed by atoms with Gasteiger partial charge in [-0.1, -0.05) is 43.5 Å². The summed E-state index contributed by atoms with van der Waals surface area (Å²) in [5.41, 5.74) is 5.18. The van der Waals surface area contributed by atoms with Gasteiger partial charge in [0, 0.05) is 23.5 Å². The maximum absolute atomic E-state index is 12.6. The van der Waals surface area contributed by atoms with Gasteiger partial charge in [0.15, 0.2) is 5.65 Å². The van der Waals surface area contributed by atoms with E-state index in [1.54, 1.807) is 41.4 Å². The number of fused-ring (bicyclic) bond motifs is 1. The largest absolute Gasteiger partial charge is 0.294 e. The van der Waals surface area contributed by atoms with Crippen molar-refractivity contribution in [3.05, 3.63) is 102 Å². The fraction of sp³-hybridized carbons (Fsp3) is 0.0435. The molecule has 136 valence electrons. The average Bonchev–Trinajstić information content (AvgIpc) is 2.76. The van der Waals surface area contributed by atoms with Crippen LogP contribution in [0.4, 0.5) is 0 Å². The smallest absolute Gasteiger partial charge is 0.263 e. The number of pyridine rings is 2. The molecule has 5 heteroatoms. The summed E-state index contributed by atoms with van der Waals surface area (Å²) in [6, 6.07) is 13.6. The maximum Gasteiger partial charge on any atom is 0.263 e. The normalized spacial score (nSPS) is 10.7. The highest BCUT2D eigenvalue weighted by molar-refractivity contribution is 5.72. The SMILES string of the molecule is C=Cc1cc(-c2ccc(Cn3cnc4ncccc4c3=O)cc2)cnc1C=C. The zero-order valence-corrected chi connectivity index (χ0v) is 15.2. The topological polar surface area (TPSA) is 60.7 Å². The van der Waals surface area contributed by atoms with E-state index in [2.05, 4.69) is 28.1 Å². The zero-order valence-electron chi connectivity index (χ0n) is 15.2. The molecule has 0 amide bonds. The predicted octanol–water partition coefficient (Wildman–Crippen LogP) is 4.19. The highest BCUT2D eigenvalue weighted by Gasteiger charge is 2.06. The van der Waals surface area contributed by atoms with Crippen molar-refractivity contribution < 1.29 is 0 Å². The number of rotatable bonds is 5. The van der Waals surface area contributed by atoms with Crippen LogP contribution in [0.15, 0.2) is 79.1 Å². The molecular weight excluding hydrogens is 348 g/mol. The lowest BCUT2D eigenvalue weighted by molar-refractivity contribution is 0.747. The van der Waals surface area contributed by atoms with Gasteiger partial charge in [-0.2, -0.15) is 0 Å². The number of aromatic nitrogens is 4. The van der Waals surface area contributed by atoms with Gasteiger partial charge in [0.1, 0.15) is 6.33 Å². The van der Waals surface area contributed by atoms with Crippen LogP contribution in [-0.2, 0) is 6.54 Å². The van der Waals surface area contributed by atoms with Gasteiger partial charge < -0.3 is 0 Å². The third kappa shape index (κ3) is 3.25. The Balaban J connectivity index is 1.62. The first-order chi connectivity index (χ1) is 13.7. The molecule has 0 radical (unpaired) electrons. The Morgan fingerprint density at radius 3 is 2.54 bits per heavy atom. The van der Waals surface area contributed by atoms with Crippen LogP contribution in [0.1, 0.15) is 16.8 Å². The Kier molecular flexibility index (Phi) is 4.64. The van der Waals surface area contributed by atoms with Crippen LogP contribution in [0.25, 0.3) is 34.3 Å². The third-order valence-electron chi connectivity index (χ3n) is 4.60. The van der Waals surface area contributed by atoms with Crippen LogP contribution in [0.3, 0.4) is 0 Å². The van der Waals surface area contributed by atoms with E-state index in [1.807, 2.05) is 36.5 Å². The zero-order chi connectivity index (χ0) is 19.5. The monoisotopic (exact) mass is 366 g/mol. The Hall–Kier alpha value is -3.86. The van der Waals surface area contributed by atoms with Crippen molar-refractivity contribution in [2.45, 2.75) is 6.54 Å². The molecular formula is C23H18N4O. The summed E-state index contributed by atoms with van der Waals surface area (Å²) in [7, 11) is 0. The molecule has 0 fully saturated rings. The van der Waals surface area contributed by atoms with Crippen molar-refractivity contribution in [3.8, 4) is 11.1 Å². The second-order valence-corrected chi connectivity index (χ2v) is 6.36. The summed E-state index contributed by atoms with van der Waals surface area (Å²) >= 11 is 0. The fourth-order valence-corrected chi connectivity index (χ4v) is 3.09.